The minimum absolute atomic E-state index is 0.0532. The molecule has 0 aliphatic carbocycles. The predicted molar refractivity (Wildman–Crippen MR) is 114 cm³/mol. The van der Waals surface area contributed by atoms with Crippen LogP contribution in [0.5, 0.6) is 17.2 Å². The van der Waals surface area contributed by atoms with Gasteiger partial charge in [-0.2, -0.15) is 5.10 Å². The van der Waals surface area contributed by atoms with E-state index in [9.17, 15) is 0 Å². The maximum Gasteiger partial charge on any atom is 0.230 e. The number of hydrogen-bond acceptors (Lipinski definition) is 6. The molecule has 6 heteroatoms. The lowest BCUT2D eigenvalue weighted by atomic mass is 9.96. The van der Waals surface area contributed by atoms with E-state index in [1.165, 1.54) is 0 Å². The van der Waals surface area contributed by atoms with E-state index >= 15 is 0 Å². The van der Waals surface area contributed by atoms with E-state index in [2.05, 4.69) is 23.2 Å². The summed E-state index contributed by atoms with van der Waals surface area (Å²) >= 11 is 0. The molecule has 3 heterocycles. The fraction of sp³-hybridized carbons (Fsp3) is 0.250. The lowest BCUT2D eigenvalue weighted by molar-refractivity contribution is -0.0236. The number of pyridine rings is 1. The summed E-state index contributed by atoms with van der Waals surface area (Å²) in [6.45, 7) is 2.63. The van der Waals surface area contributed by atoms with E-state index in [1.807, 2.05) is 54.4 Å². The second-order valence-corrected chi connectivity index (χ2v) is 7.21. The standard InChI is InChI=1S/C24H23N3O3/c1-3-29-17-12-10-16(11-13-17)20-15-21-18-7-6-9-22(28-2)23(18)30-24(27(21)26-20)19-8-4-5-14-25-19/h4-14,21,24H,3,15H2,1-2H3/t21-,24+/m0/s1. The van der Waals surface area contributed by atoms with Gasteiger partial charge in [-0.15, -0.1) is 0 Å². The molecule has 0 N–H and O–H groups in total. The summed E-state index contributed by atoms with van der Waals surface area (Å²) in [4.78, 5) is 4.53. The second-order valence-electron chi connectivity index (χ2n) is 7.21. The highest BCUT2D eigenvalue weighted by atomic mass is 16.5. The second kappa shape index (κ2) is 7.71. The quantitative estimate of drug-likeness (QED) is 0.619. The molecular weight excluding hydrogens is 378 g/mol. The number of hydrazone groups is 1. The third kappa shape index (κ3) is 3.14. The SMILES string of the molecule is CCOc1ccc(C2=NN3[C@@H](c4ccccn4)Oc4c(OC)cccc4[C@@H]3C2)cc1. The fourth-order valence-electron chi connectivity index (χ4n) is 4.05. The summed E-state index contributed by atoms with van der Waals surface area (Å²) in [6, 6.07) is 20.0. The third-order valence-corrected chi connectivity index (χ3v) is 5.44. The zero-order valence-electron chi connectivity index (χ0n) is 17.0. The van der Waals surface area contributed by atoms with Crippen molar-refractivity contribution in [3.05, 3.63) is 83.7 Å². The maximum atomic E-state index is 6.40. The largest absolute Gasteiger partial charge is 0.494 e. The molecular formula is C24H23N3O3. The van der Waals surface area contributed by atoms with Gasteiger partial charge in [-0.05, 0) is 55.0 Å². The van der Waals surface area contributed by atoms with E-state index in [-0.39, 0.29) is 6.04 Å². The van der Waals surface area contributed by atoms with Crippen LogP contribution in [0.4, 0.5) is 0 Å². The molecule has 2 aromatic carbocycles. The van der Waals surface area contributed by atoms with Crippen molar-refractivity contribution >= 4 is 5.71 Å². The number of nitrogens with zero attached hydrogens (tertiary/aromatic N) is 3. The van der Waals surface area contributed by atoms with E-state index in [0.717, 1.165) is 46.2 Å². The molecule has 0 saturated carbocycles. The lowest BCUT2D eigenvalue weighted by Crippen LogP contribution is -2.34. The van der Waals surface area contributed by atoms with Crippen LogP contribution >= 0.6 is 0 Å². The number of aromatic nitrogens is 1. The van der Waals surface area contributed by atoms with Crippen LogP contribution in [0.1, 0.15) is 42.4 Å². The molecule has 0 spiro atoms. The number of ether oxygens (including phenoxy) is 3. The zero-order valence-corrected chi connectivity index (χ0v) is 17.0. The van der Waals surface area contributed by atoms with Crippen molar-refractivity contribution in [1.82, 2.24) is 9.99 Å². The summed E-state index contributed by atoms with van der Waals surface area (Å²) in [5.74, 6) is 2.35. The lowest BCUT2D eigenvalue weighted by Gasteiger charge is -2.38. The van der Waals surface area contributed by atoms with Gasteiger partial charge in [-0.25, -0.2) is 5.01 Å². The first-order valence-electron chi connectivity index (χ1n) is 10.1. The third-order valence-electron chi connectivity index (χ3n) is 5.44. The molecule has 0 unspecified atom stereocenters. The number of benzene rings is 2. The number of rotatable bonds is 5. The van der Waals surface area contributed by atoms with Crippen molar-refractivity contribution in [3.8, 4) is 17.2 Å². The van der Waals surface area contributed by atoms with Gasteiger partial charge in [0.25, 0.3) is 0 Å². The Hall–Kier alpha value is -3.54. The van der Waals surface area contributed by atoms with Crippen LogP contribution in [-0.4, -0.2) is 29.4 Å². The molecule has 30 heavy (non-hydrogen) atoms. The minimum Gasteiger partial charge on any atom is -0.494 e. The molecule has 6 nitrogen and oxygen atoms in total. The number of fused-ring (bicyclic) bond motifs is 3. The topological polar surface area (TPSA) is 56.2 Å². The first-order chi connectivity index (χ1) is 14.8. The Balaban J connectivity index is 1.55. The monoisotopic (exact) mass is 401 g/mol. The van der Waals surface area contributed by atoms with Crippen molar-refractivity contribution in [3.63, 3.8) is 0 Å². The molecule has 2 aliphatic rings. The van der Waals surface area contributed by atoms with Gasteiger partial charge in [0.05, 0.1) is 25.5 Å². The van der Waals surface area contributed by atoms with Crippen LogP contribution in [0.25, 0.3) is 0 Å². The van der Waals surface area contributed by atoms with E-state index in [0.29, 0.717) is 6.61 Å². The first kappa shape index (κ1) is 18.5. The Morgan fingerprint density at radius 1 is 1.07 bits per heavy atom. The summed E-state index contributed by atoms with van der Waals surface area (Å²) in [5.41, 5.74) is 3.99. The van der Waals surface area contributed by atoms with Gasteiger partial charge >= 0.3 is 0 Å². The van der Waals surface area contributed by atoms with Crippen LogP contribution in [0.3, 0.4) is 0 Å². The van der Waals surface area contributed by atoms with E-state index < -0.39 is 6.23 Å². The fourth-order valence-corrected chi connectivity index (χ4v) is 4.05. The Morgan fingerprint density at radius 3 is 2.67 bits per heavy atom. The first-order valence-corrected chi connectivity index (χ1v) is 10.1. The molecule has 0 fully saturated rings. The summed E-state index contributed by atoms with van der Waals surface area (Å²) in [6.07, 6.45) is 2.14. The van der Waals surface area contributed by atoms with Crippen LogP contribution < -0.4 is 14.2 Å². The Kier molecular flexibility index (Phi) is 4.75. The zero-order chi connectivity index (χ0) is 20.5. The molecule has 0 radical (unpaired) electrons. The molecule has 1 aromatic heterocycles. The summed E-state index contributed by atoms with van der Waals surface area (Å²) in [5, 5.41) is 7.00. The number of para-hydroxylation sites is 1. The van der Waals surface area contributed by atoms with Crippen molar-refractivity contribution in [1.29, 1.82) is 0 Å². The van der Waals surface area contributed by atoms with Crippen LogP contribution in [-0.2, 0) is 0 Å². The molecule has 3 aromatic rings. The van der Waals surface area contributed by atoms with Gasteiger partial charge in [0, 0.05) is 18.2 Å². The van der Waals surface area contributed by atoms with Gasteiger partial charge in [0.1, 0.15) is 11.4 Å². The Morgan fingerprint density at radius 2 is 1.93 bits per heavy atom. The average Bonchev–Trinajstić information content (AvgIpc) is 3.25. The summed E-state index contributed by atoms with van der Waals surface area (Å²) in [7, 11) is 1.66. The van der Waals surface area contributed by atoms with Crippen molar-refractivity contribution in [2.24, 2.45) is 5.10 Å². The molecule has 152 valence electrons. The predicted octanol–water partition coefficient (Wildman–Crippen LogP) is 4.73. The molecule has 2 aliphatic heterocycles. The van der Waals surface area contributed by atoms with Gasteiger partial charge in [0.15, 0.2) is 11.5 Å². The van der Waals surface area contributed by atoms with Crippen LogP contribution in [0.15, 0.2) is 72.0 Å². The molecule has 2 atom stereocenters. The Bertz CT molecular complexity index is 1070. The van der Waals surface area contributed by atoms with Crippen molar-refractivity contribution in [2.45, 2.75) is 25.6 Å². The van der Waals surface area contributed by atoms with Crippen LogP contribution in [0, 0.1) is 0 Å². The highest BCUT2D eigenvalue weighted by Crippen LogP contribution is 2.50. The minimum atomic E-state index is -0.416. The highest BCUT2D eigenvalue weighted by molar-refractivity contribution is 6.02. The van der Waals surface area contributed by atoms with Crippen molar-refractivity contribution < 1.29 is 14.2 Å². The highest BCUT2D eigenvalue weighted by Gasteiger charge is 2.42. The number of hydrogen-bond donors (Lipinski definition) is 0. The van der Waals surface area contributed by atoms with Gasteiger partial charge < -0.3 is 14.2 Å². The Labute approximate surface area is 175 Å². The molecule has 5 rings (SSSR count). The normalized spacial score (nSPS) is 19.4. The van der Waals surface area contributed by atoms with Crippen molar-refractivity contribution in [2.75, 3.05) is 13.7 Å². The van der Waals surface area contributed by atoms with Gasteiger partial charge in [-0.3, -0.25) is 4.98 Å². The van der Waals surface area contributed by atoms with Gasteiger partial charge in [-0.1, -0.05) is 18.2 Å². The van der Waals surface area contributed by atoms with E-state index in [1.54, 1.807) is 13.3 Å². The average molecular weight is 401 g/mol. The summed E-state index contributed by atoms with van der Waals surface area (Å²) < 4.78 is 17.6. The smallest absolute Gasteiger partial charge is 0.230 e. The van der Waals surface area contributed by atoms with Crippen LogP contribution in [0.2, 0.25) is 0 Å². The van der Waals surface area contributed by atoms with Gasteiger partial charge in [0.2, 0.25) is 6.23 Å². The molecule has 0 bridgehead atoms. The van der Waals surface area contributed by atoms with E-state index in [4.69, 9.17) is 19.3 Å². The number of methoxy groups -OCH3 is 1. The molecule has 0 saturated heterocycles. The molecule has 0 amide bonds. The maximum absolute atomic E-state index is 6.40.